The molecule has 6 nitrogen and oxygen atoms in total. The van der Waals surface area contributed by atoms with E-state index in [1.54, 1.807) is 13.8 Å². The van der Waals surface area contributed by atoms with Crippen molar-refractivity contribution in [2.45, 2.75) is 24.8 Å². The Balaban J connectivity index is 3.03. The summed E-state index contributed by atoms with van der Waals surface area (Å²) in [6.07, 6.45) is 0. The first-order chi connectivity index (χ1) is 9.11. The van der Waals surface area contributed by atoms with Crippen molar-refractivity contribution < 1.29 is 26.7 Å². The molecule has 0 aliphatic rings. The normalized spacial score (nSPS) is 11.5. The second-order valence-corrected chi connectivity index (χ2v) is 5.80. The topological polar surface area (TPSA) is 98.5 Å². The van der Waals surface area contributed by atoms with Gasteiger partial charge in [-0.1, -0.05) is 0 Å². The Kier molecular flexibility index (Phi) is 5.01. The van der Waals surface area contributed by atoms with E-state index in [0.717, 1.165) is 0 Å². The van der Waals surface area contributed by atoms with Crippen LogP contribution in [0.2, 0.25) is 0 Å². The van der Waals surface area contributed by atoms with Crippen molar-refractivity contribution in [1.29, 1.82) is 0 Å². The number of primary sulfonamides is 1. The minimum Gasteiger partial charge on any atom is -0.479 e. The molecule has 0 aromatic heterocycles. The lowest BCUT2D eigenvalue weighted by Crippen LogP contribution is -2.34. The van der Waals surface area contributed by atoms with E-state index in [4.69, 9.17) is 9.88 Å². The molecule has 0 fully saturated rings. The van der Waals surface area contributed by atoms with Crippen LogP contribution < -0.4 is 15.2 Å². The number of halogens is 2. The molecule has 112 valence electrons. The number of carbonyl (C=O) groups is 1. The third-order valence-electron chi connectivity index (χ3n) is 2.08. The Morgan fingerprint density at radius 1 is 1.40 bits per heavy atom. The maximum atomic E-state index is 13.5. The Hall–Kier alpha value is -1.74. The molecule has 0 radical (unpaired) electrons. The molecule has 0 heterocycles. The van der Waals surface area contributed by atoms with Crippen molar-refractivity contribution in [3.05, 3.63) is 23.8 Å². The van der Waals surface area contributed by atoms with Crippen LogP contribution in [0.25, 0.3) is 0 Å². The van der Waals surface area contributed by atoms with Gasteiger partial charge in [0.05, 0.1) is 0 Å². The smallest absolute Gasteiger partial charge is 0.258 e. The number of sulfonamides is 1. The summed E-state index contributed by atoms with van der Waals surface area (Å²) in [6.45, 7) is 2.78. The van der Waals surface area contributed by atoms with E-state index >= 15 is 0 Å². The van der Waals surface area contributed by atoms with Crippen molar-refractivity contribution in [3.63, 3.8) is 0 Å². The van der Waals surface area contributed by atoms with Crippen LogP contribution in [0.15, 0.2) is 17.0 Å². The largest absolute Gasteiger partial charge is 0.479 e. The Morgan fingerprint density at radius 2 is 2.00 bits per heavy atom. The summed E-state index contributed by atoms with van der Waals surface area (Å²) in [4.78, 5) is 10.5. The lowest BCUT2D eigenvalue weighted by atomic mass is 10.3. The van der Waals surface area contributed by atoms with Crippen molar-refractivity contribution in [2.75, 3.05) is 6.61 Å². The molecule has 1 amide bonds. The van der Waals surface area contributed by atoms with E-state index in [9.17, 15) is 22.0 Å². The number of benzene rings is 1. The van der Waals surface area contributed by atoms with Crippen LogP contribution in [0.1, 0.15) is 13.8 Å². The average Bonchev–Trinajstić information content (AvgIpc) is 2.24. The first kappa shape index (κ1) is 16.3. The van der Waals surface area contributed by atoms with Gasteiger partial charge < -0.3 is 10.1 Å². The number of amides is 1. The highest BCUT2D eigenvalue weighted by Gasteiger charge is 2.22. The van der Waals surface area contributed by atoms with E-state index in [2.05, 4.69) is 5.32 Å². The van der Waals surface area contributed by atoms with E-state index in [0.29, 0.717) is 12.1 Å². The first-order valence-electron chi connectivity index (χ1n) is 5.55. The molecule has 0 aliphatic carbocycles. The van der Waals surface area contributed by atoms with Crippen LogP contribution in [0, 0.1) is 11.6 Å². The molecule has 0 atom stereocenters. The third kappa shape index (κ3) is 4.42. The van der Waals surface area contributed by atoms with Crippen LogP contribution in [-0.4, -0.2) is 27.0 Å². The van der Waals surface area contributed by atoms with Gasteiger partial charge in [-0.25, -0.2) is 22.3 Å². The number of nitrogens with two attached hydrogens (primary N) is 1. The molecule has 1 aromatic carbocycles. The van der Waals surface area contributed by atoms with Gasteiger partial charge in [0.2, 0.25) is 10.0 Å². The number of carbonyl (C=O) groups excluding carboxylic acids is 1. The second kappa shape index (κ2) is 6.14. The van der Waals surface area contributed by atoms with Gasteiger partial charge in [-0.15, -0.1) is 0 Å². The van der Waals surface area contributed by atoms with E-state index in [1.807, 2.05) is 0 Å². The predicted octanol–water partition coefficient (Wildman–Crippen LogP) is 0.516. The molecule has 9 heteroatoms. The van der Waals surface area contributed by atoms with Crippen molar-refractivity contribution in [2.24, 2.45) is 5.14 Å². The summed E-state index contributed by atoms with van der Waals surface area (Å²) >= 11 is 0. The molecule has 1 aromatic rings. The van der Waals surface area contributed by atoms with Crippen molar-refractivity contribution in [1.82, 2.24) is 5.32 Å². The lowest BCUT2D eigenvalue weighted by molar-refractivity contribution is -0.123. The van der Waals surface area contributed by atoms with Gasteiger partial charge in [0, 0.05) is 12.1 Å². The molecule has 3 N–H and O–H groups in total. The zero-order valence-corrected chi connectivity index (χ0v) is 11.6. The predicted molar refractivity (Wildman–Crippen MR) is 66.5 cm³/mol. The Morgan fingerprint density at radius 3 is 2.50 bits per heavy atom. The summed E-state index contributed by atoms with van der Waals surface area (Å²) in [7, 11) is -4.39. The molecule has 0 bridgehead atoms. The van der Waals surface area contributed by atoms with E-state index in [1.165, 1.54) is 0 Å². The van der Waals surface area contributed by atoms with Crippen molar-refractivity contribution >= 4 is 15.9 Å². The molecule has 0 unspecified atom stereocenters. The molecule has 0 saturated heterocycles. The molecule has 20 heavy (non-hydrogen) atoms. The molecule has 0 spiro atoms. The summed E-state index contributed by atoms with van der Waals surface area (Å²) in [5.41, 5.74) is 0. The van der Waals surface area contributed by atoms with Gasteiger partial charge in [0.15, 0.2) is 18.2 Å². The summed E-state index contributed by atoms with van der Waals surface area (Å²) in [6, 6.07) is 0.792. The van der Waals surface area contributed by atoms with Gasteiger partial charge >= 0.3 is 0 Å². The average molecular weight is 308 g/mol. The standard InChI is InChI=1S/C11H14F2N2O4S/c1-6(2)15-10(16)5-19-11-8(13)3-7(12)4-9(11)20(14,17)18/h3-4,6H,5H2,1-2H3,(H,15,16)(H2,14,17,18). The summed E-state index contributed by atoms with van der Waals surface area (Å²) in [5, 5.41) is 7.30. The first-order valence-corrected chi connectivity index (χ1v) is 7.10. The van der Waals surface area contributed by atoms with Crippen LogP contribution in [0.3, 0.4) is 0 Å². The fourth-order valence-corrected chi connectivity index (χ4v) is 2.08. The Bertz CT molecular complexity index is 617. The van der Waals surface area contributed by atoms with Gasteiger partial charge in [-0.05, 0) is 19.9 Å². The number of nitrogens with one attached hydrogen (secondary N) is 1. The number of hydrogen-bond donors (Lipinski definition) is 2. The number of rotatable bonds is 5. The van der Waals surface area contributed by atoms with Gasteiger partial charge in [-0.3, -0.25) is 4.79 Å². The van der Waals surface area contributed by atoms with Gasteiger partial charge in [0.25, 0.3) is 5.91 Å². The molecular weight excluding hydrogens is 294 g/mol. The third-order valence-corrected chi connectivity index (χ3v) is 2.99. The van der Waals surface area contributed by atoms with E-state index < -0.39 is 44.8 Å². The molecule has 1 rings (SSSR count). The maximum absolute atomic E-state index is 13.5. The zero-order chi connectivity index (χ0) is 15.5. The highest BCUT2D eigenvalue weighted by atomic mass is 32.2. The fourth-order valence-electron chi connectivity index (χ4n) is 1.39. The van der Waals surface area contributed by atoms with Crippen molar-refractivity contribution in [3.8, 4) is 5.75 Å². The maximum Gasteiger partial charge on any atom is 0.258 e. The molecular formula is C11H14F2N2O4S. The van der Waals surface area contributed by atoms with Crippen LogP contribution in [0.5, 0.6) is 5.75 Å². The fraction of sp³-hybridized carbons (Fsp3) is 0.364. The molecule has 0 saturated carbocycles. The number of ether oxygens (including phenoxy) is 1. The monoisotopic (exact) mass is 308 g/mol. The van der Waals surface area contributed by atoms with Crippen LogP contribution >= 0.6 is 0 Å². The number of hydrogen-bond acceptors (Lipinski definition) is 4. The minimum atomic E-state index is -4.39. The summed E-state index contributed by atoms with van der Waals surface area (Å²) in [5.74, 6) is -3.74. The highest BCUT2D eigenvalue weighted by molar-refractivity contribution is 7.89. The van der Waals surface area contributed by atoms with Crippen LogP contribution in [0.4, 0.5) is 8.78 Å². The second-order valence-electron chi connectivity index (χ2n) is 4.27. The van der Waals surface area contributed by atoms with Gasteiger partial charge in [0.1, 0.15) is 10.7 Å². The van der Waals surface area contributed by atoms with Crippen LogP contribution in [-0.2, 0) is 14.8 Å². The zero-order valence-electron chi connectivity index (χ0n) is 10.8. The summed E-state index contributed by atoms with van der Waals surface area (Å²) < 4.78 is 53.8. The quantitative estimate of drug-likeness (QED) is 0.828. The van der Waals surface area contributed by atoms with E-state index in [-0.39, 0.29) is 6.04 Å². The lowest BCUT2D eigenvalue weighted by Gasteiger charge is -2.12. The van der Waals surface area contributed by atoms with Gasteiger partial charge in [-0.2, -0.15) is 0 Å². The molecule has 0 aliphatic heterocycles. The highest BCUT2D eigenvalue weighted by Crippen LogP contribution is 2.27. The minimum absolute atomic E-state index is 0.165. The Labute approximate surface area is 115 Å². The SMILES string of the molecule is CC(C)NC(=O)COc1c(F)cc(F)cc1S(N)(=O)=O.